The molecule has 12 heavy (non-hydrogen) atoms. The summed E-state index contributed by atoms with van der Waals surface area (Å²) < 4.78 is 0. The molecule has 0 rings (SSSR count). The average Bonchev–Trinajstić information content (AvgIpc) is 1.83. The van der Waals surface area contributed by atoms with Gasteiger partial charge in [-0.2, -0.15) is 0 Å². The zero-order chi connectivity index (χ0) is 9.72. The first-order chi connectivity index (χ1) is 5.43. The highest BCUT2D eigenvalue weighted by Crippen LogP contribution is 2.03. The van der Waals surface area contributed by atoms with Gasteiger partial charge in [0.1, 0.15) is 5.92 Å². The summed E-state index contributed by atoms with van der Waals surface area (Å²) in [5.74, 6) is -4.27. The van der Waals surface area contributed by atoms with Crippen LogP contribution >= 0.6 is 0 Å². The van der Waals surface area contributed by atoms with Crippen LogP contribution in [0.1, 0.15) is 6.42 Å². The molecule has 0 aromatic heterocycles. The van der Waals surface area contributed by atoms with Crippen LogP contribution in [-0.4, -0.2) is 33.6 Å². The van der Waals surface area contributed by atoms with Gasteiger partial charge in [0, 0.05) is 4.92 Å². The Morgan fingerprint density at radius 1 is 1.42 bits per heavy atom. The summed E-state index contributed by atoms with van der Waals surface area (Å²) in [5.41, 5.74) is 0. The van der Waals surface area contributed by atoms with E-state index in [1.54, 1.807) is 0 Å². The van der Waals surface area contributed by atoms with Crippen molar-refractivity contribution in [3.8, 4) is 0 Å². The molecule has 0 fully saturated rings. The highest BCUT2D eigenvalue weighted by molar-refractivity contribution is 5.77. The van der Waals surface area contributed by atoms with E-state index in [1.807, 2.05) is 0 Å². The minimum Gasteiger partial charge on any atom is -0.481 e. The van der Waals surface area contributed by atoms with Crippen molar-refractivity contribution >= 4 is 11.9 Å². The molecule has 0 bridgehead atoms. The maximum atomic E-state index is 10.2. The number of hydrogen-bond acceptors (Lipinski definition) is 4. The van der Waals surface area contributed by atoms with Gasteiger partial charge in [0.15, 0.2) is 0 Å². The molecule has 0 aromatic rings. The summed E-state index contributed by atoms with van der Waals surface area (Å²) in [6.07, 6.45) is -0.726. The lowest BCUT2D eigenvalue weighted by Crippen LogP contribution is -2.25. The van der Waals surface area contributed by atoms with Crippen molar-refractivity contribution in [1.29, 1.82) is 0 Å². The van der Waals surface area contributed by atoms with E-state index < -0.39 is 35.7 Å². The monoisotopic (exact) mass is 177 g/mol. The van der Waals surface area contributed by atoms with Gasteiger partial charge in [-0.1, -0.05) is 0 Å². The van der Waals surface area contributed by atoms with Crippen molar-refractivity contribution in [2.24, 2.45) is 5.92 Å². The summed E-state index contributed by atoms with van der Waals surface area (Å²) in [6, 6.07) is 0. The Hall–Kier alpha value is -1.66. The minimum absolute atomic E-state index is 0.726. The van der Waals surface area contributed by atoms with Gasteiger partial charge < -0.3 is 10.2 Å². The van der Waals surface area contributed by atoms with E-state index in [2.05, 4.69) is 0 Å². The standard InChI is InChI=1S/C5H7NO6/c7-4(8)1-3(5(9)10)2-6(11)12/h3H,1-2H2,(H,7,8)(H,9,10). The van der Waals surface area contributed by atoms with Gasteiger partial charge in [-0.25, -0.2) is 0 Å². The predicted molar refractivity (Wildman–Crippen MR) is 35.2 cm³/mol. The van der Waals surface area contributed by atoms with Crippen molar-refractivity contribution < 1.29 is 24.7 Å². The van der Waals surface area contributed by atoms with Gasteiger partial charge in [-0.3, -0.25) is 19.7 Å². The second-order valence-corrected chi connectivity index (χ2v) is 2.15. The van der Waals surface area contributed by atoms with E-state index in [-0.39, 0.29) is 0 Å². The van der Waals surface area contributed by atoms with Crippen LogP contribution in [0.3, 0.4) is 0 Å². The fourth-order valence-corrected chi connectivity index (χ4v) is 0.621. The number of nitrogens with zero attached hydrogens (tertiary/aromatic N) is 1. The zero-order valence-electron chi connectivity index (χ0n) is 5.97. The van der Waals surface area contributed by atoms with Gasteiger partial charge in [0.2, 0.25) is 6.54 Å². The number of carbonyl (C=O) groups is 2. The lowest BCUT2D eigenvalue weighted by molar-refractivity contribution is -0.486. The second-order valence-electron chi connectivity index (χ2n) is 2.15. The maximum absolute atomic E-state index is 10.2. The third kappa shape index (κ3) is 4.20. The summed E-state index contributed by atoms with van der Waals surface area (Å²) in [5, 5.41) is 26.3. The summed E-state index contributed by atoms with van der Waals surface area (Å²) in [7, 11) is 0. The van der Waals surface area contributed by atoms with E-state index in [9.17, 15) is 19.7 Å². The van der Waals surface area contributed by atoms with Crippen molar-refractivity contribution in [3.05, 3.63) is 10.1 Å². The van der Waals surface area contributed by atoms with E-state index in [1.165, 1.54) is 0 Å². The molecule has 0 aliphatic carbocycles. The Morgan fingerprint density at radius 3 is 2.17 bits per heavy atom. The Bertz CT molecular complexity index is 196. The molecule has 0 saturated carbocycles. The van der Waals surface area contributed by atoms with Crippen molar-refractivity contribution in [1.82, 2.24) is 0 Å². The summed E-state index contributed by atoms with van der Waals surface area (Å²) >= 11 is 0. The predicted octanol–water partition coefficient (Wildman–Crippen LogP) is -0.561. The Labute approximate surface area is 66.8 Å². The molecule has 0 amide bonds. The molecule has 68 valence electrons. The lowest BCUT2D eigenvalue weighted by Gasteiger charge is -2.02. The van der Waals surface area contributed by atoms with Gasteiger partial charge in [-0.05, 0) is 0 Å². The normalized spacial score (nSPS) is 12.0. The third-order valence-corrected chi connectivity index (χ3v) is 1.14. The van der Waals surface area contributed by atoms with Crippen molar-refractivity contribution in [3.63, 3.8) is 0 Å². The fourth-order valence-electron chi connectivity index (χ4n) is 0.621. The van der Waals surface area contributed by atoms with Crippen LogP contribution in [0.5, 0.6) is 0 Å². The van der Waals surface area contributed by atoms with Crippen LogP contribution in [-0.2, 0) is 9.59 Å². The van der Waals surface area contributed by atoms with Crippen LogP contribution in [0.2, 0.25) is 0 Å². The zero-order valence-corrected chi connectivity index (χ0v) is 5.97. The first kappa shape index (κ1) is 10.3. The van der Waals surface area contributed by atoms with E-state index in [0.717, 1.165) is 0 Å². The number of nitro groups is 1. The lowest BCUT2D eigenvalue weighted by atomic mass is 10.1. The maximum Gasteiger partial charge on any atom is 0.313 e. The van der Waals surface area contributed by atoms with E-state index in [4.69, 9.17) is 10.2 Å². The number of aliphatic carboxylic acids is 2. The van der Waals surface area contributed by atoms with Gasteiger partial charge in [0.05, 0.1) is 6.42 Å². The highest BCUT2D eigenvalue weighted by atomic mass is 16.6. The number of carboxylic acid groups (broad SMARTS) is 2. The average molecular weight is 177 g/mol. The molecule has 0 aromatic carbocycles. The van der Waals surface area contributed by atoms with E-state index in [0.29, 0.717) is 0 Å². The van der Waals surface area contributed by atoms with Crippen molar-refractivity contribution in [2.45, 2.75) is 6.42 Å². The molecule has 2 N–H and O–H groups in total. The molecular weight excluding hydrogens is 170 g/mol. The Morgan fingerprint density at radius 2 is 1.92 bits per heavy atom. The second kappa shape index (κ2) is 4.27. The Balaban J connectivity index is 4.14. The number of hydrogen-bond donors (Lipinski definition) is 2. The fraction of sp³-hybridized carbons (Fsp3) is 0.600. The molecule has 0 radical (unpaired) electrons. The number of rotatable bonds is 5. The Kier molecular flexibility index (Phi) is 3.68. The smallest absolute Gasteiger partial charge is 0.313 e. The number of carboxylic acids is 2. The van der Waals surface area contributed by atoms with Crippen LogP contribution in [0.15, 0.2) is 0 Å². The quantitative estimate of drug-likeness (QED) is 0.429. The first-order valence-corrected chi connectivity index (χ1v) is 3.00. The molecule has 7 heteroatoms. The van der Waals surface area contributed by atoms with Crippen LogP contribution < -0.4 is 0 Å². The van der Waals surface area contributed by atoms with Gasteiger partial charge in [0.25, 0.3) is 0 Å². The molecule has 0 aliphatic rings. The van der Waals surface area contributed by atoms with Crippen LogP contribution in [0.4, 0.5) is 0 Å². The van der Waals surface area contributed by atoms with Crippen molar-refractivity contribution in [2.75, 3.05) is 6.54 Å². The highest BCUT2D eigenvalue weighted by Gasteiger charge is 2.26. The molecule has 7 nitrogen and oxygen atoms in total. The summed E-state index contributed by atoms with van der Waals surface area (Å²) in [6.45, 7) is -0.859. The minimum atomic E-state index is -1.46. The topological polar surface area (TPSA) is 118 Å². The van der Waals surface area contributed by atoms with E-state index >= 15 is 0 Å². The molecular formula is C5H7NO6. The first-order valence-electron chi connectivity index (χ1n) is 3.00. The molecule has 0 aliphatic heterocycles. The SMILES string of the molecule is O=C(O)CC(C[N+](=O)[O-])C(=O)O. The molecule has 0 heterocycles. The van der Waals surface area contributed by atoms with Gasteiger partial charge >= 0.3 is 11.9 Å². The molecule has 1 atom stereocenters. The molecule has 0 saturated heterocycles. The molecule has 1 unspecified atom stereocenters. The third-order valence-electron chi connectivity index (χ3n) is 1.14. The molecule has 0 spiro atoms. The van der Waals surface area contributed by atoms with Crippen LogP contribution in [0.25, 0.3) is 0 Å². The largest absolute Gasteiger partial charge is 0.481 e. The van der Waals surface area contributed by atoms with Gasteiger partial charge in [-0.15, -0.1) is 0 Å². The van der Waals surface area contributed by atoms with Crippen LogP contribution in [0, 0.1) is 16.0 Å². The summed E-state index contributed by atoms with van der Waals surface area (Å²) in [4.78, 5) is 29.2.